The molecular formula is C14H16ClNO3S2. The molecule has 0 fully saturated rings. The van der Waals surface area contributed by atoms with Crippen LogP contribution in [0.3, 0.4) is 0 Å². The number of sulfonamides is 1. The van der Waals surface area contributed by atoms with Crippen molar-refractivity contribution in [1.82, 2.24) is 4.72 Å². The van der Waals surface area contributed by atoms with Gasteiger partial charge in [-0.3, -0.25) is 0 Å². The average molecular weight is 346 g/mol. The molecule has 1 atom stereocenters. The standard InChI is InChI=1S/C14H16ClNO3S2/c1-19-12(13-7-8-14(15)20-13)9-16-21(17,18)10-11-5-3-2-4-6-11/h2-8,12,16H,9-10H2,1H3/t12-/m1/s1. The van der Waals surface area contributed by atoms with Gasteiger partial charge in [0.1, 0.15) is 6.10 Å². The highest BCUT2D eigenvalue weighted by Gasteiger charge is 2.17. The van der Waals surface area contributed by atoms with Crippen molar-refractivity contribution in [3.63, 3.8) is 0 Å². The Hall–Kier alpha value is -0.920. The van der Waals surface area contributed by atoms with Gasteiger partial charge in [0.2, 0.25) is 10.0 Å². The van der Waals surface area contributed by atoms with Crippen LogP contribution in [0.5, 0.6) is 0 Å². The number of nitrogens with one attached hydrogen (secondary N) is 1. The first kappa shape index (κ1) is 16.5. The van der Waals surface area contributed by atoms with Crippen LogP contribution in [0.15, 0.2) is 42.5 Å². The summed E-state index contributed by atoms with van der Waals surface area (Å²) in [5.74, 6) is -0.0462. The number of hydrogen-bond donors (Lipinski definition) is 1. The molecule has 0 aliphatic heterocycles. The molecule has 2 aromatic rings. The van der Waals surface area contributed by atoms with E-state index in [9.17, 15) is 8.42 Å². The molecule has 0 aliphatic carbocycles. The van der Waals surface area contributed by atoms with Crippen LogP contribution < -0.4 is 4.72 Å². The molecule has 0 saturated heterocycles. The lowest BCUT2D eigenvalue weighted by Crippen LogP contribution is -2.30. The first-order valence-electron chi connectivity index (χ1n) is 6.29. The molecule has 7 heteroatoms. The monoisotopic (exact) mass is 345 g/mol. The summed E-state index contributed by atoms with van der Waals surface area (Å²) in [4.78, 5) is 0.893. The molecule has 0 aliphatic rings. The number of methoxy groups -OCH3 is 1. The minimum Gasteiger partial charge on any atom is -0.375 e. The maximum atomic E-state index is 12.1. The van der Waals surface area contributed by atoms with Gasteiger partial charge < -0.3 is 4.74 Å². The summed E-state index contributed by atoms with van der Waals surface area (Å²) in [7, 11) is -1.85. The Balaban J connectivity index is 1.97. The summed E-state index contributed by atoms with van der Waals surface area (Å²) >= 11 is 7.26. The third-order valence-electron chi connectivity index (χ3n) is 2.88. The lowest BCUT2D eigenvalue weighted by atomic mass is 10.2. The van der Waals surface area contributed by atoms with E-state index in [1.54, 1.807) is 25.3 Å². The van der Waals surface area contributed by atoms with Crippen LogP contribution in [-0.4, -0.2) is 22.1 Å². The van der Waals surface area contributed by atoms with Crippen molar-refractivity contribution in [3.05, 3.63) is 57.2 Å². The van der Waals surface area contributed by atoms with Gasteiger partial charge >= 0.3 is 0 Å². The van der Waals surface area contributed by atoms with E-state index in [-0.39, 0.29) is 18.4 Å². The Bertz CT molecular complexity index is 671. The lowest BCUT2D eigenvalue weighted by molar-refractivity contribution is 0.110. The number of ether oxygens (including phenoxy) is 1. The quantitative estimate of drug-likeness (QED) is 0.838. The zero-order chi connectivity index (χ0) is 15.3. The molecule has 4 nitrogen and oxygen atoms in total. The van der Waals surface area contributed by atoms with Gasteiger partial charge in [-0.1, -0.05) is 41.9 Å². The van der Waals surface area contributed by atoms with Crippen molar-refractivity contribution in [3.8, 4) is 0 Å². The summed E-state index contributed by atoms with van der Waals surface area (Å²) in [5.41, 5.74) is 0.748. The topological polar surface area (TPSA) is 55.4 Å². The second kappa shape index (κ2) is 7.38. The molecule has 0 amide bonds. The fraction of sp³-hybridized carbons (Fsp3) is 0.286. The molecule has 1 aromatic carbocycles. The molecular weight excluding hydrogens is 330 g/mol. The summed E-state index contributed by atoms with van der Waals surface area (Å²) < 4.78 is 32.7. The Morgan fingerprint density at radius 3 is 2.52 bits per heavy atom. The molecule has 0 bridgehead atoms. The van der Waals surface area contributed by atoms with Crippen LogP contribution in [0.1, 0.15) is 16.5 Å². The van der Waals surface area contributed by atoms with E-state index in [1.807, 2.05) is 24.3 Å². The van der Waals surface area contributed by atoms with Gasteiger partial charge in [-0.25, -0.2) is 13.1 Å². The van der Waals surface area contributed by atoms with Crippen molar-refractivity contribution in [2.24, 2.45) is 0 Å². The Morgan fingerprint density at radius 2 is 1.95 bits per heavy atom. The van der Waals surface area contributed by atoms with Crippen LogP contribution in [0.2, 0.25) is 4.34 Å². The fourth-order valence-corrected chi connectivity index (χ4v) is 4.13. The summed E-state index contributed by atoms with van der Waals surface area (Å²) in [5, 5.41) is 0. The van der Waals surface area contributed by atoms with Gasteiger partial charge in [0.05, 0.1) is 10.1 Å². The van der Waals surface area contributed by atoms with Crippen molar-refractivity contribution in [1.29, 1.82) is 0 Å². The van der Waals surface area contributed by atoms with Crippen molar-refractivity contribution in [2.75, 3.05) is 13.7 Å². The molecule has 0 saturated carbocycles. The minimum atomic E-state index is -3.40. The van der Waals surface area contributed by atoms with Gasteiger partial charge in [-0.2, -0.15) is 0 Å². The van der Waals surface area contributed by atoms with E-state index >= 15 is 0 Å². The van der Waals surface area contributed by atoms with Crippen LogP contribution in [0, 0.1) is 0 Å². The van der Waals surface area contributed by atoms with Crippen LogP contribution in [-0.2, 0) is 20.5 Å². The second-order valence-electron chi connectivity index (χ2n) is 4.46. The van der Waals surface area contributed by atoms with E-state index < -0.39 is 10.0 Å². The van der Waals surface area contributed by atoms with Crippen LogP contribution in [0.25, 0.3) is 0 Å². The smallest absolute Gasteiger partial charge is 0.215 e. The van der Waals surface area contributed by atoms with Gasteiger partial charge in [-0.05, 0) is 17.7 Å². The maximum Gasteiger partial charge on any atom is 0.215 e. The van der Waals surface area contributed by atoms with E-state index in [0.29, 0.717) is 4.34 Å². The zero-order valence-corrected chi connectivity index (χ0v) is 13.8. The van der Waals surface area contributed by atoms with E-state index in [2.05, 4.69) is 4.72 Å². The van der Waals surface area contributed by atoms with Gasteiger partial charge in [0.25, 0.3) is 0 Å². The maximum absolute atomic E-state index is 12.1. The lowest BCUT2D eigenvalue weighted by Gasteiger charge is -2.14. The summed E-state index contributed by atoms with van der Waals surface area (Å²) in [6.45, 7) is 0.183. The molecule has 0 radical (unpaired) electrons. The summed E-state index contributed by atoms with van der Waals surface area (Å²) in [6, 6.07) is 12.7. The molecule has 0 unspecified atom stereocenters. The van der Waals surface area contributed by atoms with Gasteiger partial charge in [-0.15, -0.1) is 11.3 Å². The SMILES string of the molecule is CO[C@H](CNS(=O)(=O)Cc1ccccc1)c1ccc(Cl)s1. The highest BCUT2D eigenvalue weighted by molar-refractivity contribution is 7.88. The van der Waals surface area contributed by atoms with Gasteiger partial charge in [0, 0.05) is 18.5 Å². The molecule has 1 heterocycles. The van der Waals surface area contributed by atoms with Crippen LogP contribution >= 0.6 is 22.9 Å². The molecule has 114 valence electrons. The number of rotatable bonds is 7. The first-order chi connectivity index (χ1) is 10.00. The fourth-order valence-electron chi connectivity index (χ4n) is 1.85. The van der Waals surface area contributed by atoms with Crippen molar-refractivity contribution < 1.29 is 13.2 Å². The van der Waals surface area contributed by atoms with Crippen molar-refractivity contribution >= 4 is 33.0 Å². The molecule has 0 spiro atoms. The Kier molecular flexibility index (Phi) is 5.78. The number of halogens is 1. The number of benzene rings is 1. The highest BCUT2D eigenvalue weighted by Crippen LogP contribution is 2.28. The average Bonchev–Trinajstić information content (AvgIpc) is 2.86. The number of hydrogen-bond acceptors (Lipinski definition) is 4. The van der Waals surface area contributed by atoms with E-state index in [4.69, 9.17) is 16.3 Å². The predicted molar refractivity (Wildman–Crippen MR) is 86.1 cm³/mol. The van der Waals surface area contributed by atoms with Gasteiger partial charge in [0.15, 0.2) is 0 Å². The second-order valence-corrected chi connectivity index (χ2v) is 8.01. The van der Waals surface area contributed by atoms with E-state index in [1.165, 1.54) is 11.3 Å². The highest BCUT2D eigenvalue weighted by atomic mass is 35.5. The molecule has 1 aromatic heterocycles. The number of thiophene rings is 1. The molecule has 2 rings (SSSR count). The van der Waals surface area contributed by atoms with Crippen LogP contribution in [0.4, 0.5) is 0 Å². The Morgan fingerprint density at radius 1 is 1.24 bits per heavy atom. The first-order valence-corrected chi connectivity index (χ1v) is 9.14. The largest absolute Gasteiger partial charge is 0.375 e. The summed E-state index contributed by atoms with van der Waals surface area (Å²) in [6.07, 6.45) is -0.340. The predicted octanol–water partition coefficient (Wildman–Crippen LogP) is 3.21. The molecule has 21 heavy (non-hydrogen) atoms. The third-order valence-corrected chi connectivity index (χ3v) is 5.53. The van der Waals surface area contributed by atoms with E-state index in [0.717, 1.165) is 10.4 Å². The zero-order valence-electron chi connectivity index (χ0n) is 11.5. The third kappa shape index (κ3) is 5.09. The van der Waals surface area contributed by atoms with Crippen molar-refractivity contribution in [2.45, 2.75) is 11.9 Å². The minimum absolute atomic E-state index is 0.0462. The normalized spacial score (nSPS) is 13.2. The Labute approximate surface area is 133 Å². The molecule has 1 N–H and O–H groups in total.